The summed E-state index contributed by atoms with van der Waals surface area (Å²) < 4.78 is 10.4. The number of anilines is 1. The summed E-state index contributed by atoms with van der Waals surface area (Å²) >= 11 is 0. The van der Waals surface area contributed by atoms with Gasteiger partial charge >= 0.3 is 0 Å². The monoisotopic (exact) mass is 233 g/mol. The highest BCUT2D eigenvalue weighted by Gasteiger charge is 2.05. The molecule has 1 aromatic carbocycles. The molecule has 0 saturated carbocycles. The van der Waals surface area contributed by atoms with Gasteiger partial charge in [0.15, 0.2) is 5.75 Å². The summed E-state index contributed by atoms with van der Waals surface area (Å²) in [6.07, 6.45) is 1.26. The molecule has 0 saturated heterocycles. The molecule has 0 unspecified atom stereocenters. The van der Waals surface area contributed by atoms with Gasteiger partial charge < -0.3 is 20.2 Å². The topological polar surface area (TPSA) is 90.2 Å². The fourth-order valence-electron chi connectivity index (χ4n) is 1.25. The van der Waals surface area contributed by atoms with Crippen molar-refractivity contribution in [2.24, 2.45) is 0 Å². The van der Waals surface area contributed by atoms with Crippen molar-refractivity contribution in [2.75, 3.05) is 12.8 Å². The second kappa shape index (κ2) is 4.56. The first-order chi connectivity index (χ1) is 8.19. The molecule has 1 aromatic heterocycles. The predicted molar refractivity (Wildman–Crippen MR) is 62.3 cm³/mol. The standard InChI is InChI=1S/C11H11N3O3/c1-16-7-2-3-8(12)9(4-7)17-11-5-10(15)13-6-14-11/h2-6H,12H2,1H3,(H,13,14,15). The molecule has 0 aliphatic heterocycles. The number of hydrogen-bond acceptors (Lipinski definition) is 5. The van der Waals surface area contributed by atoms with Gasteiger partial charge in [0.2, 0.25) is 5.88 Å². The van der Waals surface area contributed by atoms with Crippen molar-refractivity contribution in [3.05, 3.63) is 40.9 Å². The second-order valence-corrected chi connectivity index (χ2v) is 3.26. The number of aromatic amines is 1. The minimum absolute atomic E-state index is 0.175. The smallest absolute Gasteiger partial charge is 0.254 e. The number of nitrogen functional groups attached to an aromatic ring is 1. The molecular weight excluding hydrogens is 222 g/mol. The first kappa shape index (κ1) is 11.0. The van der Waals surface area contributed by atoms with Crippen molar-refractivity contribution < 1.29 is 9.47 Å². The van der Waals surface area contributed by atoms with Crippen molar-refractivity contribution in [1.29, 1.82) is 0 Å². The van der Waals surface area contributed by atoms with Gasteiger partial charge in [0.25, 0.3) is 5.56 Å². The van der Waals surface area contributed by atoms with Crippen LogP contribution in [0.3, 0.4) is 0 Å². The van der Waals surface area contributed by atoms with Crippen LogP contribution in [-0.2, 0) is 0 Å². The highest BCUT2D eigenvalue weighted by molar-refractivity contribution is 5.56. The normalized spacial score (nSPS) is 9.94. The van der Waals surface area contributed by atoms with Gasteiger partial charge in [0.1, 0.15) is 5.75 Å². The van der Waals surface area contributed by atoms with E-state index in [9.17, 15) is 4.79 Å². The Morgan fingerprint density at radius 3 is 2.88 bits per heavy atom. The predicted octanol–water partition coefficient (Wildman–Crippen LogP) is 1.15. The van der Waals surface area contributed by atoms with Crippen molar-refractivity contribution >= 4 is 5.69 Å². The molecule has 3 N–H and O–H groups in total. The van der Waals surface area contributed by atoms with Crippen LogP contribution in [0.25, 0.3) is 0 Å². The molecule has 0 bridgehead atoms. The first-order valence-corrected chi connectivity index (χ1v) is 4.85. The lowest BCUT2D eigenvalue weighted by atomic mass is 10.3. The minimum atomic E-state index is -0.295. The molecule has 2 rings (SSSR count). The maximum absolute atomic E-state index is 11.1. The minimum Gasteiger partial charge on any atom is -0.497 e. The van der Waals surface area contributed by atoms with E-state index < -0.39 is 0 Å². The number of ether oxygens (including phenoxy) is 2. The lowest BCUT2D eigenvalue weighted by Gasteiger charge is -2.08. The number of hydrogen-bond donors (Lipinski definition) is 2. The van der Waals surface area contributed by atoms with E-state index in [1.807, 2.05) is 0 Å². The third kappa shape index (κ3) is 2.54. The average molecular weight is 233 g/mol. The number of nitrogens with one attached hydrogen (secondary N) is 1. The van der Waals surface area contributed by atoms with Crippen molar-refractivity contribution in [3.63, 3.8) is 0 Å². The van der Waals surface area contributed by atoms with E-state index >= 15 is 0 Å². The molecular formula is C11H11N3O3. The van der Waals surface area contributed by atoms with Crippen LogP contribution in [0.2, 0.25) is 0 Å². The Labute approximate surface area is 97.0 Å². The molecule has 1 heterocycles. The molecule has 88 valence electrons. The van der Waals surface area contributed by atoms with Crippen molar-refractivity contribution in [2.45, 2.75) is 0 Å². The average Bonchev–Trinajstić information content (AvgIpc) is 2.32. The van der Waals surface area contributed by atoms with Gasteiger partial charge in [-0.3, -0.25) is 4.79 Å². The number of nitrogens with zero attached hydrogens (tertiary/aromatic N) is 1. The maximum atomic E-state index is 11.1. The van der Waals surface area contributed by atoms with E-state index in [0.717, 1.165) is 0 Å². The van der Waals surface area contributed by atoms with Crippen molar-refractivity contribution in [3.8, 4) is 17.4 Å². The summed E-state index contributed by atoms with van der Waals surface area (Å²) in [5, 5.41) is 0. The molecule has 6 nitrogen and oxygen atoms in total. The molecule has 0 radical (unpaired) electrons. The van der Waals surface area contributed by atoms with Crippen LogP contribution in [-0.4, -0.2) is 17.1 Å². The third-order valence-electron chi connectivity index (χ3n) is 2.09. The van der Waals surface area contributed by atoms with Crippen LogP contribution in [0.4, 0.5) is 5.69 Å². The van der Waals surface area contributed by atoms with Crippen LogP contribution in [0.15, 0.2) is 35.4 Å². The van der Waals surface area contributed by atoms with Crippen LogP contribution in [0, 0.1) is 0 Å². The van der Waals surface area contributed by atoms with Gasteiger partial charge in [-0.05, 0) is 12.1 Å². The quantitative estimate of drug-likeness (QED) is 0.776. The molecule has 6 heteroatoms. The summed E-state index contributed by atoms with van der Waals surface area (Å²) in [6.45, 7) is 0. The lowest BCUT2D eigenvalue weighted by molar-refractivity contribution is 0.407. The van der Waals surface area contributed by atoms with Crippen LogP contribution < -0.4 is 20.8 Å². The zero-order valence-electron chi connectivity index (χ0n) is 9.14. The van der Waals surface area contributed by atoms with Gasteiger partial charge in [-0.25, -0.2) is 4.98 Å². The second-order valence-electron chi connectivity index (χ2n) is 3.26. The number of nitrogens with two attached hydrogens (primary N) is 1. The van der Waals surface area contributed by atoms with Gasteiger partial charge in [0, 0.05) is 6.07 Å². The lowest BCUT2D eigenvalue weighted by Crippen LogP contribution is -2.05. The molecule has 0 aliphatic rings. The summed E-state index contributed by atoms with van der Waals surface area (Å²) in [5.41, 5.74) is 5.88. The Hall–Kier alpha value is -2.50. The number of methoxy groups -OCH3 is 1. The summed E-state index contributed by atoms with van der Waals surface area (Å²) in [5.74, 6) is 1.18. The molecule has 0 amide bonds. The van der Waals surface area contributed by atoms with Crippen molar-refractivity contribution in [1.82, 2.24) is 9.97 Å². The Morgan fingerprint density at radius 1 is 1.35 bits per heavy atom. The molecule has 0 atom stereocenters. The van der Waals surface area contributed by atoms with E-state index in [-0.39, 0.29) is 11.4 Å². The van der Waals surface area contributed by atoms with E-state index in [1.54, 1.807) is 25.3 Å². The fourth-order valence-corrected chi connectivity index (χ4v) is 1.25. The van der Waals surface area contributed by atoms with Crippen LogP contribution >= 0.6 is 0 Å². The Balaban J connectivity index is 2.32. The molecule has 17 heavy (non-hydrogen) atoms. The zero-order valence-corrected chi connectivity index (χ0v) is 9.14. The molecule has 0 fully saturated rings. The summed E-state index contributed by atoms with van der Waals surface area (Å²) in [7, 11) is 1.54. The highest BCUT2D eigenvalue weighted by atomic mass is 16.5. The number of aromatic nitrogens is 2. The largest absolute Gasteiger partial charge is 0.497 e. The van der Waals surface area contributed by atoms with E-state index in [2.05, 4.69) is 9.97 Å². The highest BCUT2D eigenvalue weighted by Crippen LogP contribution is 2.29. The zero-order chi connectivity index (χ0) is 12.3. The molecule has 2 aromatic rings. The number of rotatable bonds is 3. The number of benzene rings is 1. The Bertz CT molecular complexity index is 580. The first-order valence-electron chi connectivity index (χ1n) is 4.85. The van der Waals surface area contributed by atoms with Gasteiger partial charge in [-0.15, -0.1) is 0 Å². The summed E-state index contributed by atoms with van der Waals surface area (Å²) in [4.78, 5) is 17.3. The third-order valence-corrected chi connectivity index (χ3v) is 2.09. The maximum Gasteiger partial charge on any atom is 0.254 e. The molecule has 0 aliphatic carbocycles. The van der Waals surface area contributed by atoms with Gasteiger partial charge in [-0.1, -0.05) is 0 Å². The van der Waals surface area contributed by atoms with E-state index in [1.165, 1.54) is 12.4 Å². The summed E-state index contributed by atoms with van der Waals surface area (Å²) in [6, 6.07) is 6.23. The van der Waals surface area contributed by atoms with Gasteiger partial charge in [-0.2, -0.15) is 0 Å². The fraction of sp³-hybridized carbons (Fsp3) is 0.0909. The Morgan fingerprint density at radius 2 is 2.18 bits per heavy atom. The molecule has 0 spiro atoms. The van der Waals surface area contributed by atoms with Gasteiger partial charge in [0.05, 0.1) is 25.2 Å². The van der Waals surface area contributed by atoms with Crippen LogP contribution in [0.5, 0.6) is 17.4 Å². The Kier molecular flexibility index (Phi) is 2.95. The van der Waals surface area contributed by atoms with E-state index in [4.69, 9.17) is 15.2 Å². The number of H-pyrrole nitrogens is 1. The van der Waals surface area contributed by atoms with E-state index in [0.29, 0.717) is 17.2 Å². The SMILES string of the molecule is COc1ccc(N)c(Oc2cc(=O)[nH]cn2)c1. The van der Waals surface area contributed by atoms with Crippen LogP contribution in [0.1, 0.15) is 0 Å².